The van der Waals surface area contributed by atoms with Crippen LogP contribution in [0.1, 0.15) is 0 Å². The molecule has 2 aromatic carbocycles. The first kappa shape index (κ1) is 19.1. The van der Waals surface area contributed by atoms with E-state index in [0.29, 0.717) is 18.3 Å². The van der Waals surface area contributed by atoms with E-state index in [1.54, 1.807) is 22.3 Å². The first-order chi connectivity index (χ1) is 15.7. The van der Waals surface area contributed by atoms with Gasteiger partial charge in [-0.25, -0.2) is 15.0 Å². The van der Waals surface area contributed by atoms with Gasteiger partial charge in [-0.3, -0.25) is 4.68 Å². The number of aryl methyl sites for hydroxylation is 1. The van der Waals surface area contributed by atoms with Crippen LogP contribution in [0.5, 0.6) is 5.75 Å². The number of nitrogens with one attached hydrogen (secondary N) is 1. The molecule has 1 N–H and O–H groups in total. The monoisotopic (exact) mass is 444 g/mol. The van der Waals surface area contributed by atoms with Gasteiger partial charge in [0.1, 0.15) is 17.9 Å². The molecule has 0 amide bonds. The molecule has 0 radical (unpaired) electrons. The average Bonchev–Trinajstić information content (AvgIpc) is 3.41. The highest BCUT2D eigenvalue weighted by Gasteiger charge is 2.21. The fourth-order valence-electron chi connectivity index (χ4n) is 3.76. The predicted octanol–water partition coefficient (Wildman–Crippen LogP) is 4.41. The van der Waals surface area contributed by atoms with E-state index in [1.807, 2.05) is 49.2 Å². The lowest BCUT2D eigenvalue weighted by atomic mass is 10.1. The Labute approximate surface area is 187 Å². The number of nitrogens with zero attached hydrogens (tertiary/aromatic N) is 5. The summed E-state index contributed by atoms with van der Waals surface area (Å²) >= 11 is 1.61. The van der Waals surface area contributed by atoms with Crippen LogP contribution in [0.4, 0.5) is 11.5 Å². The molecule has 9 heteroatoms. The highest BCUT2D eigenvalue weighted by Crippen LogP contribution is 2.37. The second-order valence-corrected chi connectivity index (χ2v) is 8.75. The SMILES string of the molecule is Cn1cc(-c2cc(OCC3COC3)c3c(Nc4ccc5ncsc5c4)ncnc3c2)cn1. The summed E-state index contributed by atoms with van der Waals surface area (Å²) in [5.74, 6) is 1.86. The van der Waals surface area contributed by atoms with Gasteiger partial charge in [0.05, 0.1) is 52.6 Å². The van der Waals surface area contributed by atoms with Gasteiger partial charge in [-0.05, 0) is 35.9 Å². The number of hydrogen-bond donors (Lipinski definition) is 1. The lowest BCUT2D eigenvalue weighted by Crippen LogP contribution is -2.32. The highest BCUT2D eigenvalue weighted by atomic mass is 32.1. The third kappa shape index (κ3) is 3.55. The zero-order valence-electron chi connectivity index (χ0n) is 17.4. The number of fused-ring (bicyclic) bond motifs is 2. The van der Waals surface area contributed by atoms with Crippen LogP contribution in [0.15, 0.2) is 54.6 Å². The fraction of sp³-hybridized carbons (Fsp3) is 0.217. The molecule has 5 aromatic rings. The summed E-state index contributed by atoms with van der Waals surface area (Å²) in [6.45, 7) is 2.06. The number of anilines is 2. The molecular formula is C23H20N6O2S. The Hall–Kier alpha value is -3.56. The molecule has 1 aliphatic rings. The summed E-state index contributed by atoms with van der Waals surface area (Å²) < 4.78 is 14.5. The molecule has 0 atom stereocenters. The van der Waals surface area contributed by atoms with Gasteiger partial charge in [-0.15, -0.1) is 11.3 Å². The lowest BCUT2D eigenvalue weighted by molar-refractivity contribution is -0.0506. The Balaban J connectivity index is 1.44. The van der Waals surface area contributed by atoms with Crippen LogP contribution in [-0.4, -0.2) is 44.6 Å². The normalized spacial score (nSPS) is 14.0. The first-order valence-corrected chi connectivity index (χ1v) is 11.2. The number of thiazole rings is 1. The second kappa shape index (κ2) is 7.85. The van der Waals surface area contributed by atoms with E-state index in [9.17, 15) is 0 Å². The zero-order valence-corrected chi connectivity index (χ0v) is 18.2. The first-order valence-electron chi connectivity index (χ1n) is 10.3. The van der Waals surface area contributed by atoms with E-state index >= 15 is 0 Å². The molecular weight excluding hydrogens is 424 g/mol. The van der Waals surface area contributed by atoms with Crippen molar-refractivity contribution < 1.29 is 9.47 Å². The van der Waals surface area contributed by atoms with Gasteiger partial charge in [0.25, 0.3) is 0 Å². The number of aromatic nitrogens is 5. The third-order valence-electron chi connectivity index (χ3n) is 5.52. The van der Waals surface area contributed by atoms with Crippen molar-refractivity contribution in [2.24, 2.45) is 13.0 Å². The van der Waals surface area contributed by atoms with Crippen LogP contribution in [0.3, 0.4) is 0 Å². The van der Waals surface area contributed by atoms with Crippen LogP contribution >= 0.6 is 11.3 Å². The van der Waals surface area contributed by atoms with Gasteiger partial charge in [-0.2, -0.15) is 5.10 Å². The van der Waals surface area contributed by atoms with Crippen molar-refractivity contribution in [3.05, 3.63) is 54.6 Å². The van der Waals surface area contributed by atoms with Crippen molar-refractivity contribution >= 4 is 44.0 Å². The van der Waals surface area contributed by atoms with Crippen LogP contribution in [0.2, 0.25) is 0 Å². The summed E-state index contributed by atoms with van der Waals surface area (Å²) in [7, 11) is 1.91. The molecule has 0 unspecified atom stereocenters. The number of ether oxygens (including phenoxy) is 2. The van der Waals surface area contributed by atoms with Crippen molar-refractivity contribution in [3.63, 3.8) is 0 Å². The van der Waals surface area contributed by atoms with Gasteiger partial charge in [0, 0.05) is 30.4 Å². The Kier molecular flexibility index (Phi) is 4.70. The van der Waals surface area contributed by atoms with Crippen LogP contribution in [0, 0.1) is 5.92 Å². The molecule has 3 aromatic heterocycles. The topological polar surface area (TPSA) is 87.0 Å². The second-order valence-electron chi connectivity index (χ2n) is 7.87. The van der Waals surface area contributed by atoms with Gasteiger partial charge in [-0.1, -0.05) is 0 Å². The lowest BCUT2D eigenvalue weighted by Gasteiger charge is -2.26. The van der Waals surface area contributed by atoms with Crippen LogP contribution in [-0.2, 0) is 11.8 Å². The van der Waals surface area contributed by atoms with Gasteiger partial charge in [0.2, 0.25) is 0 Å². The van der Waals surface area contributed by atoms with Crippen molar-refractivity contribution in [1.82, 2.24) is 24.7 Å². The van der Waals surface area contributed by atoms with E-state index in [4.69, 9.17) is 9.47 Å². The molecule has 0 bridgehead atoms. The molecule has 0 saturated carbocycles. The molecule has 0 aliphatic carbocycles. The third-order valence-corrected chi connectivity index (χ3v) is 6.31. The largest absolute Gasteiger partial charge is 0.492 e. The van der Waals surface area contributed by atoms with E-state index in [1.165, 1.54) is 0 Å². The maximum absolute atomic E-state index is 6.29. The Morgan fingerprint density at radius 1 is 1.12 bits per heavy atom. The quantitative estimate of drug-likeness (QED) is 0.415. The predicted molar refractivity (Wildman–Crippen MR) is 124 cm³/mol. The number of hydrogen-bond acceptors (Lipinski definition) is 8. The molecule has 1 aliphatic heterocycles. The Morgan fingerprint density at radius 3 is 2.88 bits per heavy atom. The summed E-state index contributed by atoms with van der Waals surface area (Å²) in [4.78, 5) is 13.4. The van der Waals surface area contributed by atoms with Crippen LogP contribution in [0.25, 0.3) is 32.2 Å². The average molecular weight is 445 g/mol. The maximum Gasteiger partial charge on any atom is 0.145 e. The highest BCUT2D eigenvalue weighted by molar-refractivity contribution is 7.16. The van der Waals surface area contributed by atoms with Crippen LogP contribution < -0.4 is 10.1 Å². The molecule has 8 nitrogen and oxygen atoms in total. The van der Waals surface area contributed by atoms with E-state index in [-0.39, 0.29) is 0 Å². The number of benzene rings is 2. The Morgan fingerprint density at radius 2 is 2.06 bits per heavy atom. The van der Waals surface area contributed by atoms with Crippen molar-refractivity contribution in [2.45, 2.75) is 0 Å². The van der Waals surface area contributed by atoms with Gasteiger partial charge >= 0.3 is 0 Å². The summed E-state index contributed by atoms with van der Waals surface area (Å²) in [6, 6.07) is 10.2. The summed E-state index contributed by atoms with van der Waals surface area (Å²) in [6.07, 6.45) is 5.40. The minimum atomic E-state index is 0.405. The Bertz CT molecular complexity index is 1420. The summed E-state index contributed by atoms with van der Waals surface area (Å²) in [5, 5.41) is 8.61. The van der Waals surface area contributed by atoms with E-state index < -0.39 is 0 Å². The van der Waals surface area contributed by atoms with Crippen molar-refractivity contribution in [2.75, 3.05) is 25.1 Å². The van der Waals surface area contributed by atoms with Gasteiger partial charge in [0.15, 0.2) is 0 Å². The van der Waals surface area contributed by atoms with Gasteiger partial charge < -0.3 is 14.8 Å². The molecule has 1 fully saturated rings. The van der Waals surface area contributed by atoms with E-state index in [2.05, 4.69) is 31.4 Å². The number of rotatable bonds is 6. The molecule has 6 rings (SSSR count). The standard InChI is InChI=1S/C23H20N6O2S/c1-29-8-16(7-27-29)15-4-19-22(20(5-15)31-11-14-9-30-10-14)23(25-12-24-19)28-17-2-3-18-21(6-17)32-13-26-18/h2-8,12-14H,9-11H2,1H3,(H,24,25,28). The fourth-order valence-corrected chi connectivity index (χ4v) is 4.47. The summed E-state index contributed by atoms with van der Waals surface area (Å²) in [5.41, 5.74) is 6.60. The maximum atomic E-state index is 6.29. The molecule has 4 heterocycles. The minimum absolute atomic E-state index is 0.405. The smallest absolute Gasteiger partial charge is 0.145 e. The minimum Gasteiger partial charge on any atom is -0.492 e. The van der Waals surface area contributed by atoms with Crippen molar-refractivity contribution in [1.29, 1.82) is 0 Å². The molecule has 32 heavy (non-hydrogen) atoms. The molecule has 160 valence electrons. The molecule has 0 spiro atoms. The zero-order chi connectivity index (χ0) is 21.5. The molecule has 1 saturated heterocycles. The van der Waals surface area contributed by atoms with E-state index in [0.717, 1.165) is 56.9 Å². The van der Waals surface area contributed by atoms with Crippen molar-refractivity contribution in [3.8, 4) is 16.9 Å².